The number of carbonyl (C=O) groups excluding carboxylic acids is 2. The number of benzene rings is 2. The molecule has 2 heterocycles. The quantitative estimate of drug-likeness (QED) is 0.502. The molecule has 168 valence electrons. The third kappa shape index (κ3) is 4.26. The molecule has 3 aromatic rings. The number of nitrogens with zero attached hydrogens (tertiary/aromatic N) is 2. The Morgan fingerprint density at radius 1 is 1.09 bits per heavy atom. The van der Waals surface area contributed by atoms with Crippen molar-refractivity contribution in [3.05, 3.63) is 40.7 Å². The Morgan fingerprint density at radius 3 is 2.56 bits per heavy atom. The minimum absolute atomic E-state index is 0.145. The first kappa shape index (κ1) is 21.7. The lowest BCUT2D eigenvalue weighted by Crippen LogP contribution is -2.19. The van der Waals surface area contributed by atoms with Gasteiger partial charge in [0.2, 0.25) is 6.79 Å². The molecule has 0 radical (unpaired) electrons. The zero-order chi connectivity index (χ0) is 22.7. The van der Waals surface area contributed by atoms with Gasteiger partial charge in [0, 0.05) is 24.2 Å². The highest BCUT2D eigenvalue weighted by molar-refractivity contribution is 7.16. The van der Waals surface area contributed by atoms with Crippen molar-refractivity contribution in [3.63, 3.8) is 0 Å². The van der Waals surface area contributed by atoms with Crippen molar-refractivity contribution in [1.82, 2.24) is 4.57 Å². The number of esters is 1. The first-order chi connectivity index (χ1) is 15.5. The lowest BCUT2D eigenvalue weighted by atomic mass is 10.2. The Morgan fingerprint density at radius 2 is 1.84 bits per heavy atom. The van der Waals surface area contributed by atoms with Gasteiger partial charge < -0.3 is 28.3 Å². The van der Waals surface area contributed by atoms with E-state index >= 15 is 0 Å². The molecule has 0 spiro atoms. The van der Waals surface area contributed by atoms with Gasteiger partial charge in [-0.2, -0.15) is 4.99 Å². The number of aryl methyl sites for hydroxylation is 1. The summed E-state index contributed by atoms with van der Waals surface area (Å²) in [7, 11) is 3.03. The molecule has 0 saturated carbocycles. The molecule has 0 aliphatic carbocycles. The first-order valence-corrected chi connectivity index (χ1v) is 10.8. The maximum absolute atomic E-state index is 12.9. The van der Waals surface area contributed by atoms with Crippen LogP contribution in [0.2, 0.25) is 0 Å². The molecule has 4 rings (SSSR count). The van der Waals surface area contributed by atoms with Crippen molar-refractivity contribution in [3.8, 4) is 23.0 Å². The summed E-state index contributed by atoms with van der Waals surface area (Å²) in [5.41, 5.74) is 1.15. The average Bonchev–Trinajstić information content (AvgIpc) is 3.38. The fourth-order valence-corrected chi connectivity index (χ4v) is 4.38. The van der Waals surface area contributed by atoms with Gasteiger partial charge >= 0.3 is 5.97 Å². The molecule has 1 aliphatic heterocycles. The Balaban J connectivity index is 1.76. The molecule has 0 unspecified atom stereocenters. The van der Waals surface area contributed by atoms with Gasteiger partial charge in [-0.1, -0.05) is 11.3 Å². The van der Waals surface area contributed by atoms with Crippen LogP contribution >= 0.6 is 11.3 Å². The Kier molecular flexibility index (Phi) is 6.31. The van der Waals surface area contributed by atoms with Crippen LogP contribution in [0.5, 0.6) is 23.0 Å². The van der Waals surface area contributed by atoms with Crippen LogP contribution in [0.1, 0.15) is 23.7 Å². The van der Waals surface area contributed by atoms with Gasteiger partial charge in [-0.25, -0.2) is 0 Å². The van der Waals surface area contributed by atoms with E-state index in [0.29, 0.717) is 46.5 Å². The summed E-state index contributed by atoms with van der Waals surface area (Å²) >= 11 is 1.33. The summed E-state index contributed by atoms with van der Waals surface area (Å²) < 4.78 is 29.2. The zero-order valence-corrected chi connectivity index (χ0v) is 18.7. The van der Waals surface area contributed by atoms with Gasteiger partial charge in [-0.15, -0.1) is 0 Å². The molecule has 0 bridgehead atoms. The first-order valence-electron chi connectivity index (χ1n) is 9.93. The van der Waals surface area contributed by atoms with Gasteiger partial charge in [0.25, 0.3) is 5.91 Å². The number of carbonyl (C=O) groups is 2. The van der Waals surface area contributed by atoms with Crippen LogP contribution in [-0.2, 0) is 16.1 Å². The highest BCUT2D eigenvalue weighted by atomic mass is 32.1. The van der Waals surface area contributed by atoms with Gasteiger partial charge in [0.1, 0.15) is 0 Å². The highest BCUT2D eigenvalue weighted by Crippen LogP contribution is 2.37. The van der Waals surface area contributed by atoms with Crippen LogP contribution in [0.4, 0.5) is 0 Å². The molecule has 2 aromatic carbocycles. The van der Waals surface area contributed by atoms with Crippen molar-refractivity contribution in [2.75, 3.05) is 27.6 Å². The molecule has 0 fully saturated rings. The van der Waals surface area contributed by atoms with Crippen molar-refractivity contribution < 1.29 is 33.3 Å². The van der Waals surface area contributed by atoms with E-state index in [9.17, 15) is 9.59 Å². The van der Waals surface area contributed by atoms with E-state index in [4.69, 9.17) is 23.7 Å². The van der Waals surface area contributed by atoms with Crippen molar-refractivity contribution >= 4 is 33.4 Å². The van der Waals surface area contributed by atoms with Gasteiger partial charge in [-0.3, -0.25) is 9.59 Å². The summed E-state index contributed by atoms with van der Waals surface area (Å²) in [4.78, 5) is 29.7. The number of thiazole rings is 1. The standard InChI is InChI=1S/C22H22N2O7S/c1-4-29-20(25)7-8-24-14-10-17-18(31-12-30-17)11-19(14)32-22(24)23-21(26)13-5-6-15(27-2)16(9-13)28-3/h5-6,9-11H,4,7-8,12H2,1-3H3. The number of rotatable bonds is 7. The van der Waals surface area contributed by atoms with Crippen LogP contribution in [0.15, 0.2) is 35.3 Å². The second-order valence-electron chi connectivity index (χ2n) is 6.75. The summed E-state index contributed by atoms with van der Waals surface area (Å²) in [6.07, 6.45) is 0.145. The van der Waals surface area contributed by atoms with Crippen LogP contribution in [0, 0.1) is 0 Å². The van der Waals surface area contributed by atoms with Crippen LogP contribution < -0.4 is 23.7 Å². The minimum atomic E-state index is -0.442. The third-order valence-corrected chi connectivity index (χ3v) is 5.89. The van der Waals surface area contributed by atoms with E-state index in [1.165, 1.54) is 25.6 Å². The summed E-state index contributed by atoms with van der Waals surface area (Å²) in [5.74, 6) is 1.43. The lowest BCUT2D eigenvalue weighted by molar-refractivity contribution is -0.143. The molecule has 1 aromatic heterocycles. The molecular formula is C22H22N2O7S. The molecule has 0 saturated heterocycles. The van der Waals surface area contributed by atoms with Crippen LogP contribution in [0.3, 0.4) is 0 Å². The Bertz CT molecular complexity index is 1250. The number of methoxy groups -OCH3 is 2. The number of fused-ring (bicyclic) bond motifs is 2. The topological polar surface area (TPSA) is 97.6 Å². The number of ether oxygens (including phenoxy) is 5. The van der Waals surface area contributed by atoms with Crippen molar-refractivity contribution in [1.29, 1.82) is 0 Å². The van der Waals surface area contributed by atoms with Crippen molar-refractivity contribution in [2.45, 2.75) is 19.9 Å². The van der Waals surface area contributed by atoms with E-state index in [2.05, 4.69) is 4.99 Å². The molecule has 32 heavy (non-hydrogen) atoms. The molecule has 1 amide bonds. The normalized spacial score (nSPS) is 12.8. The smallest absolute Gasteiger partial charge is 0.307 e. The third-order valence-electron chi connectivity index (χ3n) is 4.85. The fourth-order valence-electron chi connectivity index (χ4n) is 3.32. The Hall–Kier alpha value is -3.53. The van der Waals surface area contributed by atoms with E-state index in [1.54, 1.807) is 25.1 Å². The molecule has 9 nitrogen and oxygen atoms in total. The Labute approximate surface area is 187 Å². The van der Waals surface area contributed by atoms with Gasteiger partial charge in [0.15, 0.2) is 27.8 Å². The van der Waals surface area contributed by atoms with Gasteiger partial charge in [0.05, 0.1) is 37.5 Å². The summed E-state index contributed by atoms with van der Waals surface area (Å²) in [5, 5.41) is 0. The van der Waals surface area contributed by atoms with E-state index < -0.39 is 5.91 Å². The summed E-state index contributed by atoms with van der Waals surface area (Å²) in [6.45, 7) is 2.52. The van der Waals surface area contributed by atoms with Crippen molar-refractivity contribution in [2.24, 2.45) is 4.99 Å². The van der Waals surface area contributed by atoms with Crippen LogP contribution in [-0.4, -0.2) is 44.1 Å². The van der Waals surface area contributed by atoms with Crippen LogP contribution in [0.25, 0.3) is 10.2 Å². The predicted octanol–water partition coefficient (Wildman–Crippen LogP) is 3.14. The summed E-state index contributed by atoms with van der Waals surface area (Å²) in [6, 6.07) is 8.54. The average molecular weight is 458 g/mol. The number of hydrogen-bond acceptors (Lipinski definition) is 8. The van der Waals surface area contributed by atoms with E-state index in [0.717, 1.165) is 10.2 Å². The number of amides is 1. The predicted molar refractivity (Wildman–Crippen MR) is 117 cm³/mol. The monoisotopic (exact) mass is 458 g/mol. The van der Waals surface area contributed by atoms with Gasteiger partial charge in [-0.05, 0) is 25.1 Å². The maximum Gasteiger partial charge on any atom is 0.307 e. The minimum Gasteiger partial charge on any atom is -0.493 e. The second kappa shape index (κ2) is 9.31. The van der Waals surface area contributed by atoms with E-state index in [1.807, 2.05) is 16.7 Å². The number of aromatic nitrogens is 1. The molecular weight excluding hydrogens is 436 g/mol. The number of hydrogen-bond donors (Lipinski definition) is 0. The largest absolute Gasteiger partial charge is 0.493 e. The molecule has 1 aliphatic rings. The highest BCUT2D eigenvalue weighted by Gasteiger charge is 2.19. The zero-order valence-electron chi connectivity index (χ0n) is 17.9. The fraction of sp³-hybridized carbons (Fsp3) is 0.318. The molecule has 10 heteroatoms. The SMILES string of the molecule is CCOC(=O)CCn1c(=NC(=O)c2ccc(OC)c(OC)c2)sc2cc3c(cc21)OCO3. The second-order valence-corrected chi connectivity index (χ2v) is 7.76. The molecule has 0 N–H and O–H groups in total. The maximum atomic E-state index is 12.9. The molecule has 0 atom stereocenters. The van der Waals surface area contributed by atoms with E-state index in [-0.39, 0.29) is 19.2 Å². The lowest BCUT2D eigenvalue weighted by Gasteiger charge is -2.08.